The molecule has 1 aliphatic heterocycles. The first kappa shape index (κ1) is 14.9. The van der Waals surface area contributed by atoms with Crippen molar-refractivity contribution in [1.29, 1.82) is 0 Å². The second kappa shape index (κ2) is 7.97. The molecule has 1 saturated heterocycles. The molecule has 110 valence electrons. The van der Waals surface area contributed by atoms with Crippen molar-refractivity contribution in [2.75, 3.05) is 25.0 Å². The summed E-state index contributed by atoms with van der Waals surface area (Å²) in [6.07, 6.45) is 4.77. The fourth-order valence-corrected chi connectivity index (χ4v) is 2.24. The quantitative estimate of drug-likeness (QED) is 0.786. The number of amides is 1. The van der Waals surface area contributed by atoms with Crippen molar-refractivity contribution in [2.45, 2.75) is 31.8 Å². The van der Waals surface area contributed by atoms with Gasteiger partial charge in [0.1, 0.15) is 5.82 Å². The summed E-state index contributed by atoms with van der Waals surface area (Å²) in [5.74, 6) is -0.435. The zero-order chi connectivity index (χ0) is 14.2. The van der Waals surface area contributed by atoms with E-state index in [-0.39, 0.29) is 18.3 Å². The summed E-state index contributed by atoms with van der Waals surface area (Å²) in [5, 5.41) is 5.81. The maximum Gasteiger partial charge on any atom is 0.238 e. The Morgan fingerprint density at radius 2 is 2.10 bits per heavy atom. The molecule has 4 nitrogen and oxygen atoms in total. The fourth-order valence-electron chi connectivity index (χ4n) is 2.24. The zero-order valence-electron chi connectivity index (χ0n) is 11.5. The minimum atomic E-state index is -0.311. The largest absolute Gasteiger partial charge is 0.378 e. The van der Waals surface area contributed by atoms with Crippen LogP contribution in [-0.2, 0) is 9.53 Å². The maximum atomic E-state index is 12.7. The number of nitrogens with one attached hydrogen (secondary N) is 2. The summed E-state index contributed by atoms with van der Waals surface area (Å²) in [4.78, 5) is 11.6. The highest BCUT2D eigenvalue weighted by Gasteiger charge is 2.13. The number of rotatable bonds is 6. The van der Waals surface area contributed by atoms with E-state index in [1.54, 1.807) is 12.1 Å². The molecule has 0 aromatic heterocycles. The molecule has 5 heteroatoms. The normalized spacial score (nSPS) is 18.8. The number of benzene rings is 1. The molecule has 1 unspecified atom stereocenters. The predicted molar refractivity (Wildman–Crippen MR) is 76.1 cm³/mol. The number of hydrogen-bond acceptors (Lipinski definition) is 3. The molecule has 20 heavy (non-hydrogen) atoms. The molecule has 0 aliphatic carbocycles. The van der Waals surface area contributed by atoms with Gasteiger partial charge in [-0.1, -0.05) is 0 Å². The van der Waals surface area contributed by atoms with Gasteiger partial charge in [-0.3, -0.25) is 4.79 Å². The number of anilines is 1. The minimum absolute atomic E-state index is 0.124. The second-order valence-electron chi connectivity index (χ2n) is 5.01. The Kier molecular flexibility index (Phi) is 5.95. The summed E-state index contributed by atoms with van der Waals surface area (Å²) in [6, 6.07) is 5.74. The molecule has 0 spiro atoms. The average Bonchev–Trinajstić information content (AvgIpc) is 2.47. The molecule has 1 aliphatic rings. The van der Waals surface area contributed by atoms with Crippen LogP contribution in [0.15, 0.2) is 24.3 Å². The Bertz CT molecular complexity index is 416. The van der Waals surface area contributed by atoms with Crippen LogP contribution in [0.1, 0.15) is 25.7 Å². The van der Waals surface area contributed by atoms with Gasteiger partial charge < -0.3 is 15.4 Å². The lowest BCUT2D eigenvalue weighted by atomic mass is 10.1. The molecule has 0 saturated carbocycles. The number of ether oxygens (including phenoxy) is 1. The lowest BCUT2D eigenvalue weighted by molar-refractivity contribution is -0.115. The number of halogens is 1. The van der Waals surface area contributed by atoms with E-state index in [0.29, 0.717) is 11.8 Å². The minimum Gasteiger partial charge on any atom is -0.378 e. The van der Waals surface area contributed by atoms with Gasteiger partial charge in [0.15, 0.2) is 0 Å². The van der Waals surface area contributed by atoms with Crippen molar-refractivity contribution >= 4 is 11.6 Å². The third-order valence-electron chi connectivity index (χ3n) is 3.33. The SMILES string of the molecule is O=C(CNCCC1CCCCO1)Nc1ccc(F)cc1. The first-order valence-corrected chi connectivity index (χ1v) is 7.12. The van der Waals surface area contributed by atoms with Gasteiger partial charge in [0.05, 0.1) is 12.6 Å². The van der Waals surface area contributed by atoms with Crippen LogP contribution >= 0.6 is 0 Å². The Morgan fingerprint density at radius 3 is 2.80 bits per heavy atom. The highest BCUT2D eigenvalue weighted by molar-refractivity contribution is 5.92. The third-order valence-corrected chi connectivity index (χ3v) is 3.33. The van der Waals surface area contributed by atoms with Crippen LogP contribution in [0.25, 0.3) is 0 Å². The summed E-state index contributed by atoms with van der Waals surface area (Å²) >= 11 is 0. The Morgan fingerprint density at radius 1 is 1.30 bits per heavy atom. The molecule has 1 atom stereocenters. The van der Waals surface area contributed by atoms with Crippen molar-refractivity contribution in [2.24, 2.45) is 0 Å². The summed E-state index contributed by atoms with van der Waals surface area (Å²) in [5.41, 5.74) is 0.605. The van der Waals surface area contributed by atoms with Crippen molar-refractivity contribution in [3.8, 4) is 0 Å². The molecular formula is C15H21FN2O2. The van der Waals surface area contributed by atoms with Gasteiger partial charge in [-0.05, 0) is 56.5 Å². The van der Waals surface area contributed by atoms with Crippen LogP contribution in [0.3, 0.4) is 0 Å². The summed E-state index contributed by atoms with van der Waals surface area (Å²) in [6.45, 7) is 1.88. The maximum absolute atomic E-state index is 12.7. The lowest BCUT2D eigenvalue weighted by Gasteiger charge is -2.22. The highest BCUT2D eigenvalue weighted by atomic mass is 19.1. The Labute approximate surface area is 118 Å². The average molecular weight is 280 g/mol. The molecule has 1 heterocycles. The van der Waals surface area contributed by atoms with E-state index in [4.69, 9.17) is 4.74 Å². The number of carbonyl (C=O) groups is 1. The van der Waals surface area contributed by atoms with E-state index < -0.39 is 0 Å². The summed E-state index contributed by atoms with van der Waals surface area (Å²) in [7, 11) is 0. The number of carbonyl (C=O) groups excluding carboxylic acids is 1. The second-order valence-corrected chi connectivity index (χ2v) is 5.01. The molecule has 2 rings (SSSR count). The van der Waals surface area contributed by atoms with Crippen molar-refractivity contribution in [1.82, 2.24) is 5.32 Å². The van der Waals surface area contributed by atoms with E-state index in [1.807, 2.05) is 0 Å². The Hall–Kier alpha value is -1.46. The van der Waals surface area contributed by atoms with Gasteiger partial charge in [0.25, 0.3) is 0 Å². The van der Waals surface area contributed by atoms with E-state index >= 15 is 0 Å². The Balaban J connectivity index is 1.59. The molecular weight excluding hydrogens is 259 g/mol. The van der Waals surface area contributed by atoms with Crippen LogP contribution in [0.2, 0.25) is 0 Å². The lowest BCUT2D eigenvalue weighted by Crippen LogP contribution is -2.31. The smallest absolute Gasteiger partial charge is 0.238 e. The van der Waals surface area contributed by atoms with Gasteiger partial charge in [-0.25, -0.2) is 4.39 Å². The van der Waals surface area contributed by atoms with E-state index in [9.17, 15) is 9.18 Å². The first-order chi connectivity index (χ1) is 9.74. The van der Waals surface area contributed by atoms with E-state index in [1.165, 1.54) is 18.6 Å². The van der Waals surface area contributed by atoms with Crippen LogP contribution in [0.5, 0.6) is 0 Å². The standard InChI is InChI=1S/C15H21FN2O2/c16-12-4-6-13(7-5-12)18-15(19)11-17-9-8-14-3-1-2-10-20-14/h4-7,14,17H,1-3,8-11H2,(H,18,19). The van der Waals surface area contributed by atoms with E-state index in [0.717, 1.165) is 32.4 Å². The van der Waals surface area contributed by atoms with Crippen LogP contribution < -0.4 is 10.6 Å². The van der Waals surface area contributed by atoms with Crippen LogP contribution in [0, 0.1) is 5.82 Å². The summed E-state index contributed by atoms with van der Waals surface area (Å²) < 4.78 is 18.3. The third kappa shape index (κ3) is 5.27. The first-order valence-electron chi connectivity index (χ1n) is 7.12. The van der Waals surface area contributed by atoms with Gasteiger partial charge in [-0.15, -0.1) is 0 Å². The monoisotopic (exact) mass is 280 g/mol. The molecule has 0 bridgehead atoms. The molecule has 1 amide bonds. The van der Waals surface area contributed by atoms with Gasteiger partial charge in [0, 0.05) is 12.3 Å². The molecule has 2 N–H and O–H groups in total. The van der Waals surface area contributed by atoms with Crippen molar-refractivity contribution in [3.05, 3.63) is 30.1 Å². The van der Waals surface area contributed by atoms with Crippen molar-refractivity contribution < 1.29 is 13.9 Å². The fraction of sp³-hybridized carbons (Fsp3) is 0.533. The van der Waals surface area contributed by atoms with Crippen LogP contribution in [-0.4, -0.2) is 31.7 Å². The van der Waals surface area contributed by atoms with Gasteiger partial charge >= 0.3 is 0 Å². The molecule has 1 fully saturated rings. The van der Waals surface area contributed by atoms with Crippen molar-refractivity contribution in [3.63, 3.8) is 0 Å². The molecule has 1 aromatic carbocycles. The predicted octanol–water partition coefficient (Wildman–Crippen LogP) is 2.31. The molecule has 1 aromatic rings. The van der Waals surface area contributed by atoms with Gasteiger partial charge in [0.2, 0.25) is 5.91 Å². The number of hydrogen-bond donors (Lipinski definition) is 2. The van der Waals surface area contributed by atoms with E-state index in [2.05, 4.69) is 10.6 Å². The van der Waals surface area contributed by atoms with Crippen LogP contribution in [0.4, 0.5) is 10.1 Å². The highest BCUT2D eigenvalue weighted by Crippen LogP contribution is 2.14. The molecule has 0 radical (unpaired) electrons. The van der Waals surface area contributed by atoms with Gasteiger partial charge in [-0.2, -0.15) is 0 Å². The zero-order valence-corrected chi connectivity index (χ0v) is 11.5. The topological polar surface area (TPSA) is 50.4 Å².